The second-order valence-electron chi connectivity index (χ2n) is 7.80. The van der Waals surface area contributed by atoms with Gasteiger partial charge in [0, 0.05) is 24.9 Å². The first-order chi connectivity index (χ1) is 15.5. The maximum absolute atomic E-state index is 12.8. The van der Waals surface area contributed by atoms with Crippen LogP contribution >= 0.6 is 0 Å². The van der Waals surface area contributed by atoms with Crippen molar-refractivity contribution in [3.8, 4) is 0 Å². The number of aliphatic carboxylic acids is 2. The highest BCUT2D eigenvalue weighted by Crippen LogP contribution is 2.19. The van der Waals surface area contributed by atoms with Crippen LogP contribution in [0.4, 0.5) is 0 Å². The molecule has 1 aromatic heterocycles. The Morgan fingerprint density at radius 1 is 1.27 bits per heavy atom. The average molecular weight is 468 g/mol. The summed E-state index contributed by atoms with van der Waals surface area (Å²) in [5.74, 6) is -5.29. The number of H-pyrrole nitrogens is 1. The van der Waals surface area contributed by atoms with Crippen LogP contribution in [0, 0.1) is 0 Å². The minimum atomic E-state index is -1.70. The maximum atomic E-state index is 12.8. The van der Waals surface area contributed by atoms with Crippen molar-refractivity contribution >= 4 is 29.7 Å². The van der Waals surface area contributed by atoms with E-state index in [1.165, 1.54) is 17.4 Å². The van der Waals surface area contributed by atoms with Gasteiger partial charge >= 0.3 is 11.9 Å². The number of aliphatic hydroxyl groups excluding tert-OH is 1. The number of carbonyl (C=O) groups is 5. The zero-order valence-corrected chi connectivity index (χ0v) is 17.9. The zero-order valence-electron chi connectivity index (χ0n) is 17.9. The summed E-state index contributed by atoms with van der Waals surface area (Å²) in [4.78, 5) is 68.5. The number of likely N-dealkylation sites (tertiary alicyclic amines) is 1. The van der Waals surface area contributed by atoms with E-state index in [0.29, 0.717) is 12.1 Å². The van der Waals surface area contributed by atoms with Crippen LogP contribution in [0.3, 0.4) is 0 Å². The molecular formula is C19H28N6O8. The lowest BCUT2D eigenvalue weighted by Crippen LogP contribution is -2.58. The van der Waals surface area contributed by atoms with Gasteiger partial charge in [-0.15, -0.1) is 0 Å². The van der Waals surface area contributed by atoms with Crippen molar-refractivity contribution in [1.29, 1.82) is 0 Å². The van der Waals surface area contributed by atoms with Gasteiger partial charge in [0.2, 0.25) is 17.7 Å². The minimum absolute atomic E-state index is 0.170. The first kappa shape index (κ1) is 25.7. The molecular weight excluding hydrogens is 440 g/mol. The number of rotatable bonds is 11. The van der Waals surface area contributed by atoms with Gasteiger partial charge in [0.15, 0.2) is 6.04 Å². The molecule has 0 saturated carbocycles. The van der Waals surface area contributed by atoms with E-state index in [4.69, 9.17) is 15.9 Å². The molecule has 0 bridgehead atoms. The summed E-state index contributed by atoms with van der Waals surface area (Å²) in [6, 6.07) is -5.23. The number of aromatic amines is 1. The van der Waals surface area contributed by atoms with Gasteiger partial charge in [0.05, 0.1) is 24.9 Å². The molecule has 14 nitrogen and oxygen atoms in total. The molecule has 1 aromatic rings. The fourth-order valence-corrected chi connectivity index (χ4v) is 3.53. The predicted molar refractivity (Wildman–Crippen MR) is 110 cm³/mol. The average Bonchev–Trinajstić information content (AvgIpc) is 3.41. The van der Waals surface area contributed by atoms with Gasteiger partial charge in [-0.25, -0.2) is 9.78 Å². The number of nitrogens with zero attached hydrogens (tertiary/aromatic N) is 2. The molecule has 1 fully saturated rings. The second-order valence-corrected chi connectivity index (χ2v) is 7.80. The van der Waals surface area contributed by atoms with E-state index in [9.17, 15) is 29.1 Å². The molecule has 182 valence electrons. The van der Waals surface area contributed by atoms with Crippen molar-refractivity contribution in [1.82, 2.24) is 25.5 Å². The van der Waals surface area contributed by atoms with E-state index in [2.05, 4.69) is 15.3 Å². The number of amides is 3. The van der Waals surface area contributed by atoms with Crippen molar-refractivity contribution < 1.29 is 39.3 Å². The van der Waals surface area contributed by atoms with Gasteiger partial charge in [0.25, 0.3) is 0 Å². The fourth-order valence-electron chi connectivity index (χ4n) is 3.53. The Labute approximate surface area is 188 Å². The van der Waals surface area contributed by atoms with Crippen molar-refractivity contribution in [2.24, 2.45) is 5.73 Å². The Hall–Kier alpha value is -3.52. The molecule has 0 aliphatic carbocycles. The number of hydrogen-bond acceptors (Lipinski definition) is 8. The normalized spacial score (nSPS) is 19.2. The molecule has 0 aromatic carbocycles. The Morgan fingerprint density at radius 2 is 1.97 bits per heavy atom. The number of carboxylic acids is 2. The predicted octanol–water partition coefficient (Wildman–Crippen LogP) is -2.82. The van der Waals surface area contributed by atoms with Crippen LogP contribution in [-0.4, -0.2) is 96.7 Å². The van der Waals surface area contributed by atoms with Crippen LogP contribution in [-0.2, 0) is 30.4 Å². The molecule has 1 saturated heterocycles. The minimum Gasteiger partial charge on any atom is -0.481 e. The van der Waals surface area contributed by atoms with Crippen LogP contribution < -0.4 is 16.4 Å². The third kappa shape index (κ3) is 6.98. The highest BCUT2D eigenvalue weighted by Gasteiger charge is 2.38. The van der Waals surface area contributed by atoms with E-state index >= 15 is 0 Å². The number of hydrogen-bond donors (Lipinski definition) is 7. The topological polar surface area (TPSA) is 228 Å². The molecule has 3 amide bonds. The lowest BCUT2D eigenvalue weighted by Gasteiger charge is -2.28. The van der Waals surface area contributed by atoms with E-state index in [0.717, 1.165) is 6.92 Å². The summed E-state index contributed by atoms with van der Waals surface area (Å²) in [6.07, 6.45) is 1.62. The highest BCUT2D eigenvalue weighted by molar-refractivity contribution is 5.96. The summed E-state index contributed by atoms with van der Waals surface area (Å²) in [5.41, 5.74) is 6.62. The van der Waals surface area contributed by atoms with Crippen LogP contribution in [0.15, 0.2) is 12.5 Å². The molecule has 14 heteroatoms. The standard InChI is InChI=1S/C19H28N6O8/c1-9(26)15(19(32)33)24-16(29)12(6-14(27)28)23-17(30)13-3-2-4-25(13)18(31)11(20)5-10-7-21-8-22-10/h7-9,11-13,15,26H,2-6,20H2,1H3,(H,21,22)(H,23,30)(H,24,29)(H,27,28)(H,32,33). The number of aliphatic hydroxyl groups is 1. The lowest BCUT2D eigenvalue weighted by molar-refractivity contribution is -0.146. The molecule has 8 N–H and O–H groups in total. The van der Waals surface area contributed by atoms with Crippen LogP contribution in [0.25, 0.3) is 0 Å². The van der Waals surface area contributed by atoms with Gasteiger partial charge in [-0.1, -0.05) is 0 Å². The first-order valence-corrected chi connectivity index (χ1v) is 10.3. The van der Waals surface area contributed by atoms with Gasteiger partial charge in [0.1, 0.15) is 12.1 Å². The summed E-state index contributed by atoms with van der Waals surface area (Å²) < 4.78 is 0. The highest BCUT2D eigenvalue weighted by atomic mass is 16.4. The van der Waals surface area contributed by atoms with Crippen LogP contribution in [0.2, 0.25) is 0 Å². The third-order valence-corrected chi connectivity index (χ3v) is 5.21. The number of aromatic nitrogens is 2. The Bertz CT molecular complexity index is 874. The lowest BCUT2D eigenvalue weighted by atomic mass is 10.1. The Kier molecular flexibility index (Phi) is 8.87. The summed E-state index contributed by atoms with van der Waals surface area (Å²) >= 11 is 0. The monoisotopic (exact) mass is 468 g/mol. The molecule has 1 aliphatic rings. The molecule has 33 heavy (non-hydrogen) atoms. The van der Waals surface area contributed by atoms with Gasteiger partial charge < -0.3 is 41.6 Å². The van der Waals surface area contributed by atoms with Crippen LogP contribution in [0.1, 0.15) is 31.9 Å². The summed E-state index contributed by atoms with van der Waals surface area (Å²) in [5, 5.41) is 32.1. The van der Waals surface area contributed by atoms with Gasteiger partial charge in [-0.2, -0.15) is 0 Å². The molecule has 0 spiro atoms. The van der Waals surface area contributed by atoms with Crippen molar-refractivity contribution in [2.75, 3.05) is 6.54 Å². The van der Waals surface area contributed by atoms with Crippen molar-refractivity contribution in [3.63, 3.8) is 0 Å². The second kappa shape index (κ2) is 11.4. The molecule has 2 heterocycles. The maximum Gasteiger partial charge on any atom is 0.328 e. The van der Waals surface area contributed by atoms with E-state index in [1.807, 2.05) is 5.32 Å². The number of nitrogens with one attached hydrogen (secondary N) is 3. The molecule has 0 radical (unpaired) electrons. The SMILES string of the molecule is CC(O)C(NC(=O)C(CC(=O)O)NC(=O)C1CCCN1C(=O)C(N)Cc1cnc[nH]1)C(=O)O. The Balaban J connectivity index is 2.08. The van der Waals surface area contributed by atoms with E-state index in [1.54, 1.807) is 0 Å². The number of imidazole rings is 1. The van der Waals surface area contributed by atoms with Gasteiger partial charge in [-0.3, -0.25) is 19.2 Å². The largest absolute Gasteiger partial charge is 0.481 e. The summed E-state index contributed by atoms with van der Waals surface area (Å²) in [6.45, 7) is 1.39. The number of carboxylic acid groups (broad SMARTS) is 2. The van der Waals surface area contributed by atoms with Crippen LogP contribution in [0.5, 0.6) is 0 Å². The van der Waals surface area contributed by atoms with Crippen molar-refractivity contribution in [2.45, 2.75) is 62.9 Å². The van der Waals surface area contributed by atoms with Crippen molar-refractivity contribution in [3.05, 3.63) is 18.2 Å². The first-order valence-electron chi connectivity index (χ1n) is 10.3. The molecule has 2 rings (SSSR count). The zero-order chi connectivity index (χ0) is 24.7. The van der Waals surface area contributed by atoms with E-state index in [-0.39, 0.29) is 19.4 Å². The molecule has 5 unspecified atom stereocenters. The number of nitrogens with two attached hydrogens (primary N) is 1. The van der Waals surface area contributed by atoms with E-state index < -0.39 is 66.4 Å². The molecule has 5 atom stereocenters. The quantitative estimate of drug-likeness (QED) is 0.176. The third-order valence-electron chi connectivity index (χ3n) is 5.21. The summed E-state index contributed by atoms with van der Waals surface area (Å²) in [7, 11) is 0. The Morgan fingerprint density at radius 3 is 2.52 bits per heavy atom. The fraction of sp³-hybridized carbons (Fsp3) is 0.579. The number of carbonyl (C=O) groups excluding carboxylic acids is 3. The smallest absolute Gasteiger partial charge is 0.328 e. The van der Waals surface area contributed by atoms with Gasteiger partial charge in [-0.05, 0) is 19.8 Å². The molecule has 1 aliphatic heterocycles.